The molecule has 0 amide bonds. The Morgan fingerprint density at radius 2 is 2.29 bits per heavy atom. The highest BCUT2D eigenvalue weighted by Gasteiger charge is 2.54. The number of hydrogen-bond donors (Lipinski definition) is 3. The van der Waals surface area contributed by atoms with Gasteiger partial charge < -0.3 is 30.0 Å². The lowest BCUT2D eigenvalue weighted by atomic mass is 9.96. The minimum Gasteiger partial charge on any atom is -0.394 e. The third-order valence-corrected chi connectivity index (χ3v) is 4.15. The van der Waals surface area contributed by atoms with Crippen molar-refractivity contribution >= 4 is 16.9 Å². The van der Waals surface area contributed by atoms with Gasteiger partial charge in [-0.05, 0) is 13.0 Å². The van der Waals surface area contributed by atoms with Gasteiger partial charge in [0.2, 0.25) is 0 Å². The molecule has 1 aliphatic heterocycles. The average Bonchev–Trinajstić information content (AvgIpc) is 3.01. The van der Waals surface area contributed by atoms with E-state index in [4.69, 9.17) is 15.2 Å². The van der Waals surface area contributed by atoms with Crippen molar-refractivity contribution in [2.24, 2.45) is 0 Å². The predicted molar refractivity (Wildman–Crippen MR) is 74.4 cm³/mol. The number of nitrogens with two attached hydrogens (primary N) is 1. The Morgan fingerprint density at radius 3 is 2.95 bits per heavy atom. The van der Waals surface area contributed by atoms with E-state index in [-0.39, 0.29) is 6.61 Å². The summed E-state index contributed by atoms with van der Waals surface area (Å²) in [5.74, 6) is 0.370. The summed E-state index contributed by atoms with van der Waals surface area (Å²) in [5, 5.41) is 20.4. The Kier molecular flexibility index (Phi) is 3.33. The molecule has 2 unspecified atom stereocenters. The first-order valence-corrected chi connectivity index (χ1v) is 6.59. The van der Waals surface area contributed by atoms with Gasteiger partial charge in [0.25, 0.3) is 0 Å². The van der Waals surface area contributed by atoms with E-state index >= 15 is 0 Å². The van der Waals surface area contributed by atoms with Gasteiger partial charge in [-0.2, -0.15) is 0 Å². The van der Waals surface area contributed by atoms with Crippen LogP contribution in [0.1, 0.15) is 13.2 Å². The number of aliphatic hydroxyl groups excluding tert-OH is 2. The molecule has 8 heteroatoms. The molecule has 0 bridgehead atoms. The molecule has 4 N–H and O–H groups in total. The van der Waals surface area contributed by atoms with Crippen LogP contribution in [0.4, 0.5) is 5.82 Å². The summed E-state index contributed by atoms with van der Waals surface area (Å²) in [5.41, 5.74) is 5.39. The van der Waals surface area contributed by atoms with E-state index in [0.717, 1.165) is 0 Å². The highest BCUT2D eigenvalue weighted by Crippen LogP contribution is 2.42. The Balaban J connectivity index is 2.11. The van der Waals surface area contributed by atoms with Gasteiger partial charge >= 0.3 is 0 Å². The van der Waals surface area contributed by atoms with Crippen molar-refractivity contribution < 1.29 is 19.7 Å². The maximum Gasteiger partial charge on any atom is 0.167 e. The van der Waals surface area contributed by atoms with Gasteiger partial charge in [0.05, 0.1) is 12.0 Å². The fraction of sp³-hybridized carbons (Fsp3) is 0.538. The molecule has 1 fully saturated rings. The Bertz CT molecular complexity index is 661. The molecule has 0 spiro atoms. The first-order valence-electron chi connectivity index (χ1n) is 6.59. The number of hydrogen-bond acceptors (Lipinski definition) is 7. The summed E-state index contributed by atoms with van der Waals surface area (Å²) in [7, 11) is 1.49. The van der Waals surface area contributed by atoms with Crippen molar-refractivity contribution in [3.05, 3.63) is 18.6 Å². The van der Waals surface area contributed by atoms with Crippen molar-refractivity contribution in [3.63, 3.8) is 0 Å². The van der Waals surface area contributed by atoms with Crippen LogP contribution in [0.15, 0.2) is 18.6 Å². The maximum atomic E-state index is 10.3. The summed E-state index contributed by atoms with van der Waals surface area (Å²) in [4.78, 5) is 8.16. The Morgan fingerprint density at radius 1 is 1.52 bits per heavy atom. The van der Waals surface area contributed by atoms with Gasteiger partial charge in [-0.15, -0.1) is 0 Å². The number of fused-ring (bicyclic) bond motifs is 1. The molecule has 3 heterocycles. The molecule has 8 nitrogen and oxygen atoms in total. The molecular formula is C13H18N4O4. The van der Waals surface area contributed by atoms with E-state index in [9.17, 15) is 10.2 Å². The van der Waals surface area contributed by atoms with Crippen LogP contribution in [0.3, 0.4) is 0 Å². The molecule has 0 aliphatic carbocycles. The van der Waals surface area contributed by atoms with Crippen LogP contribution in [0.25, 0.3) is 11.0 Å². The van der Waals surface area contributed by atoms with Crippen LogP contribution < -0.4 is 5.73 Å². The zero-order valence-electron chi connectivity index (χ0n) is 11.8. The lowest BCUT2D eigenvalue weighted by Gasteiger charge is -2.31. The lowest BCUT2D eigenvalue weighted by Crippen LogP contribution is -2.46. The largest absolute Gasteiger partial charge is 0.394 e. The molecule has 3 rings (SSSR count). The molecule has 21 heavy (non-hydrogen) atoms. The molecule has 0 aromatic carbocycles. The van der Waals surface area contributed by atoms with E-state index in [1.807, 2.05) is 0 Å². The standard InChI is InChI=1S/C13H18N4O4/c1-13(20-2)9(19)8(5-18)21-12(13)17-4-3-7-10(14)15-6-16-11(7)17/h3-4,6,8-9,12,18-19H,5H2,1-2H3,(H2,14,15,16)/t8-,9?,12-,13?/m1/s1. The summed E-state index contributed by atoms with van der Waals surface area (Å²) in [6.07, 6.45) is 0.796. The second-order valence-electron chi connectivity index (χ2n) is 5.26. The minimum absolute atomic E-state index is 0.299. The van der Waals surface area contributed by atoms with Gasteiger partial charge in [-0.3, -0.25) is 0 Å². The van der Waals surface area contributed by atoms with Gasteiger partial charge in [-0.25, -0.2) is 9.97 Å². The van der Waals surface area contributed by atoms with Crippen LogP contribution in [0.2, 0.25) is 0 Å². The smallest absolute Gasteiger partial charge is 0.167 e. The minimum atomic E-state index is -1.01. The first kappa shape index (κ1) is 14.2. The van der Waals surface area contributed by atoms with Crippen LogP contribution >= 0.6 is 0 Å². The number of rotatable bonds is 3. The molecule has 1 saturated heterocycles. The molecule has 0 saturated carbocycles. The number of aliphatic hydroxyl groups is 2. The van der Waals surface area contributed by atoms with E-state index in [1.54, 1.807) is 23.8 Å². The Labute approximate surface area is 121 Å². The van der Waals surface area contributed by atoms with Crippen molar-refractivity contribution in [3.8, 4) is 0 Å². The molecule has 2 aromatic rings. The second-order valence-corrected chi connectivity index (χ2v) is 5.26. The third-order valence-electron chi connectivity index (χ3n) is 4.15. The van der Waals surface area contributed by atoms with Crippen LogP contribution in [-0.4, -0.2) is 56.3 Å². The van der Waals surface area contributed by atoms with E-state index in [2.05, 4.69) is 9.97 Å². The zero-order chi connectivity index (χ0) is 15.2. The monoisotopic (exact) mass is 294 g/mol. The summed E-state index contributed by atoms with van der Waals surface area (Å²) in [6.45, 7) is 1.43. The molecule has 2 aromatic heterocycles. The SMILES string of the molecule is COC1(C)C(O)[C@@H](CO)O[C@H]1n1ccc2c(N)ncnc21. The lowest BCUT2D eigenvalue weighted by molar-refractivity contribution is -0.118. The van der Waals surface area contributed by atoms with Crippen molar-refractivity contribution in [2.45, 2.75) is 31.0 Å². The summed E-state index contributed by atoms with van der Waals surface area (Å²) >= 11 is 0. The van der Waals surface area contributed by atoms with E-state index in [0.29, 0.717) is 16.9 Å². The Hall–Kier alpha value is -1.74. The summed E-state index contributed by atoms with van der Waals surface area (Å²) in [6, 6.07) is 1.78. The van der Waals surface area contributed by atoms with Gasteiger partial charge in [-0.1, -0.05) is 0 Å². The van der Waals surface area contributed by atoms with Crippen LogP contribution in [0, 0.1) is 0 Å². The second kappa shape index (κ2) is 4.92. The van der Waals surface area contributed by atoms with Crippen molar-refractivity contribution in [2.75, 3.05) is 19.5 Å². The molecule has 114 valence electrons. The molecule has 1 aliphatic rings. The van der Waals surface area contributed by atoms with E-state index in [1.165, 1.54) is 13.4 Å². The topological polar surface area (TPSA) is 116 Å². The number of ether oxygens (including phenoxy) is 2. The molecule has 0 radical (unpaired) electrons. The number of aromatic nitrogens is 3. The van der Waals surface area contributed by atoms with Gasteiger partial charge in [0, 0.05) is 13.3 Å². The fourth-order valence-corrected chi connectivity index (χ4v) is 2.78. The van der Waals surface area contributed by atoms with Gasteiger partial charge in [0.15, 0.2) is 6.23 Å². The van der Waals surface area contributed by atoms with E-state index < -0.39 is 24.0 Å². The van der Waals surface area contributed by atoms with Crippen LogP contribution in [-0.2, 0) is 9.47 Å². The quantitative estimate of drug-likeness (QED) is 0.709. The third kappa shape index (κ3) is 1.91. The summed E-state index contributed by atoms with van der Waals surface area (Å²) < 4.78 is 13.0. The van der Waals surface area contributed by atoms with Crippen molar-refractivity contribution in [1.82, 2.24) is 14.5 Å². The average molecular weight is 294 g/mol. The predicted octanol–water partition coefficient (Wildman–Crippen LogP) is -0.331. The highest BCUT2D eigenvalue weighted by molar-refractivity contribution is 5.86. The molecule has 4 atom stereocenters. The molecular weight excluding hydrogens is 276 g/mol. The maximum absolute atomic E-state index is 10.3. The fourth-order valence-electron chi connectivity index (χ4n) is 2.78. The van der Waals surface area contributed by atoms with Crippen molar-refractivity contribution in [1.29, 1.82) is 0 Å². The number of nitrogen functional groups attached to an aromatic ring is 1. The highest BCUT2D eigenvalue weighted by atomic mass is 16.6. The van der Waals surface area contributed by atoms with Crippen LogP contribution in [0.5, 0.6) is 0 Å². The number of methoxy groups -OCH3 is 1. The number of nitrogens with zero attached hydrogens (tertiary/aromatic N) is 3. The zero-order valence-corrected chi connectivity index (χ0v) is 11.8. The first-order chi connectivity index (χ1) is 10.0. The van der Waals surface area contributed by atoms with Gasteiger partial charge in [0.1, 0.15) is 35.6 Å². The number of anilines is 1. The normalized spacial score (nSPS) is 32.9.